The average Bonchev–Trinajstić information content (AvgIpc) is 3.08. The summed E-state index contributed by atoms with van der Waals surface area (Å²) in [6.07, 6.45) is 4.85. The van der Waals surface area contributed by atoms with Crippen LogP contribution in [0.2, 0.25) is 0 Å². The number of likely N-dealkylation sites (tertiary alicyclic amines) is 1. The van der Waals surface area contributed by atoms with Gasteiger partial charge in [-0.15, -0.1) is 0 Å². The van der Waals surface area contributed by atoms with Crippen LogP contribution in [-0.2, 0) is 11.8 Å². The van der Waals surface area contributed by atoms with Crippen molar-refractivity contribution in [1.82, 2.24) is 30.0 Å². The second kappa shape index (κ2) is 8.87. The maximum absolute atomic E-state index is 12.7. The quantitative estimate of drug-likeness (QED) is 0.724. The minimum Gasteiger partial charge on any atom is -0.381 e. The van der Waals surface area contributed by atoms with E-state index in [1.54, 1.807) is 24.0 Å². The molecule has 29 heavy (non-hydrogen) atoms. The zero-order chi connectivity index (χ0) is 20.2. The molecule has 0 aromatic carbocycles. The van der Waals surface area contributed by atoms with Crippen molar-refractivity contribution in [2.24, 2.45) is 7.05 Å². The molecule has 2 aliphatic rings. The zero-order valence-corrected chi connectivity index (χ0v) is 17.1. The average molecular weight is 399 g/mol. The summed E-state index contributed by atoms with van der Waals surface area (Å²) in [5.41, 5.74) is 1.87. The monoisotopic (exact) mass is 399 g/mol. The predicted octanol–water partition coefficient (Wildman–Crippen LogP) is 1.29. The third-order valence-electron chi connectivity index (χ3n) is 5.44. The molecule has 2 N–H and O–H groups in total. The molecule has 156 valence electrons. The smallest absolute Gasteiger partial charge is 0.269 e. The molecule has 1 amide bonds. The highest BCUT2D eigenvalue weighted by Gasteiger charge is 2.21. The lowest BCUT2D eigenvalue weighted by atomic mass is 10.1. The number of aromatic nitrogens is 4. The molecule has 9 nitrogen and oxygen atoms in total. The van der Waals surface area contributed by atoms with E-state index >= 15 is 0 Å². The SMILES string of the molecule is C[C@@H](CN1CCC1)NC(=O)c1cc(-c2ccnc(NC3CCOCC3)n2)nn1C. The Morgan fingerprint density at radius 3 is 2.83 bits per heavy atom. The Hall–Kier alpha value is -2.52. The Morgan fingerprint density at radius 2 is 2.10 bits per heavy atom. The predicted molar refractivity (Wildman–Crippen MR) is 110 cm³/mol. The molecule has 2 aromatic heterocycles. The molecule has 2 fully saturated rings. The zero-order valence-electron chi connectivity index (χ0n) is 17.1. The molecule has 2 saturated heterocycles. The summed E-state index contributed by atoms with van der Waals surface area (Å²) in [4.78, 5) is 23.9. The summed E-state index contributed by atoms with van der Waals surface area (Å²) < 4.78 is 7.00. The van der Waals surface area contributed by atoms with Crippen molar-refractivity contribution in [3.63, 3.8) is 0 Å². The van der Waals surface area contributed by atoms with E-state index in [1.165, 1.54) is 6.42 Å². The first-order valence-corrected chi connectivity index (χ1v) is 10.3. The highest BCUT2D eigenvalue weighted by atomic mass is 16.5. The van der Waals surface area contributed by atoms with Gasteiger partial charge < -0.3 is 20.3 Å². The number of aryl methyl sites for hydroxylation is 1. The summed E-state index contributed by atoms with van der Waals surface area (Å²) >= 11 is 0. The Labute approximate surface area is 170 Å². The van der Waals surface area contributed by atoms with Gasteiger partial charge in [0.2, 0.25) is 5.95 Å². The summed E-state index contributed by atoms with van der Waals surface area (Å²) in [7, 11) is 1.78. The van der Waals surface area contributed by atoms with E-state index in [0.29, 0.717) is 29.1 Å². The second-order valence-corrected chi connectivity index (χ2v) is 7.86. The molecule has 9 heteroatoms. The van der Waals surface area contributed by atoms with Crippen molar-refractivity contribution in [3.8, 4) is 11.4 Å². The van der Waals surface area contributed by atoms with Crippen LogP contribution in [0.3, 0.4) is 0 Å². The van der Waals surface area contributed by atoms with Gasteiger partial charge >= 0.3 is 0 Å². The van der Waals surface area contributed by atoms with Crippen LogP contribution in [0.15, 0.2) is 18.3 Å². The maximum Gasteiger partial charge on any atom is 0.269 e. The van der Waals surface area contributed by atoms with E-state index in [2.05, 4.69) is 30.6 Å². The lowest BCUT2D eigenvalue weighted by Crippen LogP contribution is -2.47. The van der Waals surface area contributed by atoms with Crippen LogP contribution < -0.4 is 10.6 Å². The van der Waals surface area contributed by atoms with E-state index in [4.69, 9.17) is 4.74 Å². The van der Waals surface area contributed by atoms with E-state index in [-0.39, 0.29) is 11.9 Å². The lowest BCUT2D eigenvalue weighted by Gasteiger charge is -2.33. The molecule has 0 radical (unpaired) electrons. The van der Waals surface area contributed by atoms with E-state index in [9.17, 15) is 4.79 Å². The number of hydrogen-bond acceptors (Lipinski definition) is 7. The lowest BCUT2D eigenvalue weighted by molar-refractivity contribution is 0.0901. The van der Waals surface area contributed by atoms with Crippen LogP contribution in [0.1, 0.15) is 36.7 Å². The van der Waals surface area contributed by atoms with Crippen molar-refractivity contribution in [2.75, 3.05) is 38.2 Å². The summed E-state index contributed by atoms with van der Waals surface area (Å²) in [5, 5.41) is 10.9. The van der Waals surface area contributed by atoms with Gasteiger partial charge in [0.1, 0.15) is 11.4 Å². The maximum atomic E-state index is 12.7. The van der Waals surface area contributed by atoms with Crippen LogP contribution in [0, 0.1) is 0 Å². The van der Waals surface area contributed by atoms with Crippen LogP contribution >= 0.6 is 0 Å². The largest absolute Gasteiger partial charge is 0.381 e. The van der Waals surface area contributed by atoms with E-state index in [1.807, 2.05) is 13.0 Å². The van der Waals surface area contributed by atoms with E-state index < -0.39 is 0 Å². The number of rotatable bonds is 7. The van der Waals surface area contributed by atoms with Gasteiger partial charge in [0.25, 0.3) is 5.91 Å². The molecule has 0 spiro atoms. The standard InChI is InChI=1S/C20H29N7O2/c1-14(13-27-8-3-9-27)22-19(28)18-12-17(25-26(18)2)16-4-7-21-20(24-16)23-15-5-10-29-11-6-15/h4,7,12,14-15H,3,5-6,8-11,13H2,1-2H3,(H,22,28)(H,21,23,24)/t14-/m0/s1. The first-order chi connectivity index (χ1) is 14.1. The Morgan fingerprint density at radius 1 is 1.31 bits per heavy atom. The Bertz CT molecular complexity index is 843. The third kappa shape index (κ3) is 4.91. The normalized spacial score (nSPS) is 18.8. The fourth-order valence-electron chi connectivity index (χ4n) is 3.70. The van der Waals surface area contributed by atoms with Crippen molar-refractivity contribution in [2.45, 2.75) is 38.3 Å². The first-order valence-electron chi connectivity index (χ1n) is 10.3. The second-order valence-electron chi connectivity index (χ2n) is 7.86. The van der Waals surface area contributed by atoms with Crippen LogP contribution in [0.25, 0.3) is 11.4 Å². The minimum absolute atomic E-state index is 0.0930. The number of nitrogens with one attached hydrogen (secondary N) is 2. The van der Waals surface area contributed by atoms with Gasteiger partial charge in [-0.3, -0.25) is 9.48 Å². The molecule has 0 bridgehead atoms. The van der Waals surface area contributed by atoms with Gasteiger partial charge in [0, 0.05) is 45.1 Å². The number of carbonyl (C=O) groups is 1. The number of carbonyl (C=O) groups excluding carboxylic acids is 1. The van der Waals surface area contributed by atoms with Crippen molar-refractivity contribution in [1.29, 1.82) is 0 Å². The number of ether oxygens (including phenoxy) is 1. The molecule has 0 aliphatic carbocycles. The molecule has 4 rings (SSSR count). The summed E-state index contributed by atoms with van der Waals surface area (Å²) in [6.45, 7) is 6.66. The van der Waals surface area contributed by atoms with Crippen LogP contribution in [0.5, 0.6) is 0 Å². The van der Waals surface area contributed by atoms with Crippen LogP contribution in [0.4, 0.5) is 5.95 Å². The van der Waals surface area contributed by atoms with Crippen molar-refractivity contribution in [3.05, 3.63) is 24.0 Å². The minimum atomic E-state index is -0.117. The molecule has 0 saturated carbocycles. The molecule has 2 aliphatic heterocycles. The number of nitrogens with zero attached hydrogens (tertiary/aromatic N) is 5. The fourth-order valence-corrected chi connectivity index (χ4v) is 3.70. The van der Waals surface area contributed by atoms with Gasteiger partial charge in [0.05, 0.1) is 5.69 Å². The number of anilines is 1. The fraction of sp³-hybridized carbons (Fsp3) is 0.600. The molecule has 0 unspecified atom stereocenters. The van der Waals surface area contributed by atoms with Gasteiger partial charge in [-0.2, -0.15) is 5.10 Å². The Kier molecular flexibility index (Phi) is 6.05. The van der Waals surface area contributed by atoms with Gasteiger partial charge in [-0.1, -0.05) is 0 Å². The Balaban J connectivity index is 1.42. The van der Waals surface area contributed by atoms with Crippen molar-refractivity contribution >= 4 is 11.9 Å². The molecular weight excluding hydrogens is 370 g/mol. The number of hydrogen-bond donors (Lipinski definition) is 2. The van der Waals surface area contributed by atoms with E-state index in [0.717, 1.165) is 45.7 Å². The van der Waals surface area contributed by atoms with Gasteiger partial charge in [0.15, 0.2) is 0 Å². The summed E-state index contributed by atoms with van der Waals surface area (Å²) in [6, 6.07) is 4.00. The highest BCUT2D eigenvalue weighted by molar-refractivity contribution is 5.93. The summed E-state index contributed by atoms with van der Waals surface area (Å²) in [5.74, 6) is 0.461. The number of amides is 1. The van der Waals surface area contributed by atoms with Gasteiger partial charge in [-0.05, 0) is 51.4 Å². The van der Waals surface area contributed by atoms with Crippen LogP contribution in [-0.4, -0.2) is 75.5 Å². The van der Waals surface area contributed by atoms with Crippen molar-refractivity contribution < 1.29 is 9.53 Å². The molecule has 2 aromatic rings. The van der Waals surface area contributed by atoms with Gasteiger partial charge in [-0.25, -0.2) is 9.97 Å². The first kappa shape index (κ1) is 19.8. The topological polar surface area (TPSA) is 97.2 Å². The highest BCUT2D eigenvalue weighted by Crippen LogP contribution is 2.19. The third-order valence-corrected chi connectivity index (χ3v) is 5.44. The molecule has 4 heterocycles. The molecular formula is C20H29N7O2. The molecule has 1 atom stereocenters.